The van der Waals surface area contributed by atoms with Crippen LogP contribution in [-0.2, 0) is 21.2 Å². The molecule has 0 aromatic heterocycles. The van der Waals surface area contributed by atoms with E-state index in [-0.39, 0.29) is 18.5 Å². The molecule has 31 heavy (non-hydrogen) atoms. The lowest BCUT2D eigenvalue weighted by atomic mass is 9.80. The first kappa shape index (κ1) is 20.2. The zero-order valence-electron chi connectivity index (χ0n) is 18.6. The Kier molecular flexibility index (Phi) is 4.51. The third kappa shape index (κ3) is 3.35. The van der Waals surface area contributed by atoms with Gasteiger partial charge in [0.05, 0.1) is 6.42 Å². The molecule has 0 unspecified atom stereocenters. The van der Waals surface area contributed by atoms with E-state index in [1.54, 1.807) is 0 Å². The topological polar surface area (TPSA) is 49.4 Å². The highest BCUT2D eigenvalue weighted by molar-refractivity contribution is 6.23. The highest BCUT2D eigenvalue weighted by Gasteiger charge is 2.47. The molecule has 4 aromatic carbocycles. The molecule has 5 rings (SSSR count). The molecule has 0 saturated carbocycles. The lowest BCUT2D eigenvalue weighted by Gasteiger charge is -2.49. The van der Waals surface area contributed by atoms with Gasteiger partial charge in [0, 0.05) is 23.9 Å². The largest absolute Gasteiger partial charge is 0.462 e. The normalized spacial score (nSPS) is 19.4. The van der Waals surface area contributed by atoms with Gasteiger partial charge in [0.2, 0.25) is 0 Å². The molecule has 1 saturated heterocycles. The van der Waals surface area contributed by atoms with Crippen molar-refractivity contribution >= 4 is 38.3 Å². The van der Waals surface area contributed by atoms with Crippen molar-refractivity contribution in [3.63, 3.8) is 0 Å². The smallest absolute Gasteiger partial charge is 0.310 e. The number of carbonyl (C=O) groups is 1. The molecule has 0 aliphatic carbocycles. The molecule has 1 aliphatic rings. The van der Waals surface area contributed by atoms with Crippen molar-refractivity contribution in [1.82, 2.24) is 5.06 Å². The molecule has 4 aromatic rings. The van der Waals surface area contributed by atoms with E-state index in [1.165, 1.54) is 26.9 Å². The van der Waals surface area contributed by atoms with Gasteiger partial charge >= 0.3 is 5.97 Å². The predicted molar refractivity (Wildman–Crippen MR) is 124 cm³/mol. The standard InChI is InChI=1S/C27H28NO3/c1-26(2)15-21(16-27(3,4)28(26)30)31-23(29)14-20-11-10-19-9-8-17-6-5-7-18-12-13-22(20)25(19)24(17)18/h5-13,21H,14-16H2,1-4H3. The molecule has 1 heterocycles. The number of carbonyl (C=O) groups excluding carboxylic acids is 1. The monoisotopic (exact) mass is 414 g/mol. The highest BCUT2D eigenvalue weighted by atomic mass is 16.5. The van der Waals surface area contributed by atoms with Crippen LogP contribution in [-0.4, -0.2) is 28.2 Å². The molecular weight excluding hydrogens is 386 g/mol. The minimum atomic E-state index is -0.556. The second-order valence-corrected chi connectivity index (χ2v) is 10.2. The molecule has 159 valence electrons. The fourth-order valence-corrected chi connectivity index (χ4v) is 5.59. The first-order valence-corrected chi connectivity index (χ1v) is 11.0. The third-order valence-electron chi connectivity index (χ3n) is 6.81. The maximum Gasteiger partial charge on any atom is 0.310 e. The molecule has 0 amide bonds. The van der Waals surface area contributed by atoms with Crippen molar-refractivity contribution < 1.29 is 14.7 Å². The Morgan fingerprint density at radius 1 is 0.871 bits per heavy atom. The van der Waals surface area contributed by atoms with Gasteiger partial charge in [0.1, 0.15) is 6.10 Å². The van der Waals surface area contributed by atoms with Gasteiger partial charge in [-0.3, -0.25) is 4.79 Å². The molecular formula is C27H28NO3. The number of nitrogens with zero attached hydrogens (tertiary/aromatic N) is 1. The lowest BCUT2D eigenvalue weighted by molar-refractivity contribution is -0.299. The fraction of sp³-hybridized carbons (Fsp3) is 0.370. The minimum absolute atomic E-state index is 0.229. The molecule has 1 fully saturated rings. The van der Waals surface area contributed by atoms with E-state index in [2.05, 4.69) is 48.5 Å². The maximum atomic E-state index is 12.9. The average molecular weight is 415 g/mol. The summed E-state index contributed by atoms with van der Waals surface area (Å²) in [6.07, 6.45) is 1.07. The summed E-state index contributed by atoms with van der Waals surface area (Å²) in [6, 6.07) is 19.0. The number of ether oxygens (including phenoxy) is 1. The van der Waals surface area contributed by atoms with Crippen molar-refractivity contribution in [3.05, 3.63) is 60.2 Å². The number of piperidine rings is 1. The van der Waals surface area contributed by atoms with Crippen LogP contribution in [0.3, 0.4) is 0 Å². The predicted octanol–water partition coefficient (Wildman–Crippen LogP) is 6.04. The molecule has 1 radical (unpaired) electrons. The van der Waals surface area contributed by atoms with Crippen LogP contribution in [0.5, 0.6) is 0 Å². The Bertz CT molecular complexity index is 1260. The summed E-state index contributed by atoms with van der Waals surface area (Å²) >= 11 is 0. The number of benzene rings is 4. The van der Waals surface area contributed by atoms with Crippen LogP contribution >= 0.6 is 0 Å². The van der Waals surface area contributed by atoms with Crippen molar-refractivity contribution in [2.45, 2.75) is 64.1 Å². The number of hydrogen-bond acceptors (Lipinski definition) is 3. The maximum absolute atomic E-state index is 12.9. The Hall–Kier alpha value is -2.69. The van der Waals surface area contributed by atoms with E-state index in [0.29, 0.717) is 12.8 Å². The van der Waals surface area contributed by atoms with Crippen LogP contribution in [0.2, 0.25) is 0 Å². The van der Waals surface area contributed by atoms with Crippen molar-refractivity contribution in [2.24, 2.45) is 0 Å². The van der Waals surface area contributed by atoms with Gasteiger partial charge in [-0.05, 0) is 65.6 Å². The Morgan fingerprint density at radius 2 is 1.42 bits per heavy atom. The molecule has 0 bridgehead atoms. The first-order valence-electron chi connectivity index (χ1n) is 11.0. The summed E-state index contributed by atoms with van der Waals surface area (Å²) in [5.74, 6) is -0.231. The molecule has 1 aliphatic heterocycles. The highest BCUT2D eigenvalue weighted by Crippen LogP contribution is 2.39. The van der Waals surface area contributed by atoms with E-state index in [4.69, 9.17) is 4.74 Å². The van der Waals surface area contributed by atoms with Crippen molar-refractivity contribution in [2.75, 3.05) is 0 Å². The first-order chi connectivity index (χ1) is 14.7. The van der Waals surface area contributed by atoms with Gasteiger partial charge < -0.3 is 4.74 Å². The van der Waals surface area contributed by atoms with Gasteiger partial charge in [0.25, 0.3) is 0 Å². The summed E-state index contributed by atoms with van der Waals surface area (Å²) in [5, 5.41) is 20.9. The molecule has 4 nitrogen and oxygen atoms in total. The Labute approximate surface area is 182 Å². The second-order valence-electron chi connectivity index (χ2n) is 10.2. The zero-order valence-corrected chi connectivity index (χ0v) is 18.6. The van der Waals surface area contributed by atoms with E-state index >= 15 is 0 Å². The van der Waals surface area contributed by atoms with Crippen LogP contribution in [0, 0.1) is 0 Å². The van der Waals surface area contributed by atoms with Gasteiger partial charge in [-0.15, -0.1) is 10.3 Å². The molecule has 0 N–H and O–H groups in total. The second kappa shape index (κ2) is 6.91. The minimum Gasteiger partial charge on any atom is -0.462 e. The molecule has 0 spiro atoms. The van der Waals surface area contributed by atoms with Gasteiger partial charge in [-0.1, -0.05) is 54.6 Å². The van der Waals surface area contributed by atoms with E-state index in [9.17, 15) is 10.0 Å². The van der Waals surface area contributed by atoms with Gasteiger partial charge in [0.15, 0.2) is 0 Å². The average Bonchev–Trinajstić information content (AvgIpc) is 2.71. The number of hydroxylamine groups is 2. The van der Waals surface area contributed by atoms with Crippen LogP contribution in [0.4, 0.5) is 0 Å². The van der Waals surface area contributed by atoms with E-state index in [0.717, 1.165) is 16.0 Å². The molecule has 0 atom stereocenters. The summed E-state index contributed by atoms with van der Waals surface area (Å²) < 4.78 is 5.90. The lowest BCUT2D eigenvalue weighted by Crippen LogP contribution is -2.60. The van der Waals surface area contributed by atoms with E-state index < -0.39 is 11.1 Å². The van der Waals surface area contributed by atoms with Crippen molar-refractivity contribution in [3.8, 4) is 0 Å². The Balaban J connectivity index is 1.45. The number of rotatable bonds is 3. The number of esters is 1. The summed E-state index contributed by atoms with van der Waals surface area (Å²) in [7, 11) is 0. The zero-order chi connectivity index (χ0) is 22.0. The molecule has 4 heteroatoms. The van der Waals surface area contributed by atoms with Crippen LogP contribution in [0.25, 0.3) is 32.3 Å². The van der Waals surface area contributed by atoms with Crippen LogP contribution in [0.1, 0.15) is 46.1 Å². The summed E-state index contributed by atoms with van der Waals surface area (Å²) in [5.41, 5.74) is -0.130. The summed E-state index contributed by atoms with van der Waals surface area (Å²) in [4.78, 5) is 12.9. The quantitative estimate of drug-likeness (QED) is 0.303. The van der Waals surface area contributed by atoms with Gasteiger partial charge in [-0.2, -0.15) is 0 Å². The Morgan fingerprint density at radius 3 is 2.06 bits per heavy atom. The SMILES string of the molecule is CC1(C)CC(OC(=O)Cc2ccc3ccc4cccc5ccc2c3c45)CC(C)(C)N1[O]. The van der Waals surface area contributed by atoms with Crippen LogP contribution < -0.4 is 0 Å². The third-order valence-corrected chi connectivity index (χ3v) is 6.81. The van der Waals surface area contributed by atoms with Crippen molar-refractivity contribution in [1.29, 1.82) is 0 Å². The fourth-order valence-electron chi connectivity index (χ4n) is 5.59. The van der Waals surface area contributed by atoms with Crippen LogP contribution in [0.15, 0.2) is 54.6 Å². The summed E-state index contributed by atoms with van der Waals surface area (Å²) in [6.45, 7) is 7.68. The van der Waals surface area contributed by atoms with Gasteiger partial charge in [-0.25, -0.2) is 0 Å². The number of hydrogen-bond donors (Lipinski definition) is 0. The van der Waals surface area contributed by atoms with E-state index in [1.807, 2.05) is 33.8 Å².